The van der Waals surface area contributed by atoms with Gasteiger partial charge in [0.1, 0.15) is 11.5 Å². The summed E-state index contributed by atoms with van der Waals surface area (Å²) < 4.78 is 16.3. The summed E-state index contributed by atoms with van der Waals surface area (Å²) in [5.41, 5.74) is 1.16. The molecule has 1 unspecified atom stereocenters. The molecule has 0 fully saturated rings. The quantitative estimate of drug-likeness (QED) is 0.360. The number of carbonyl (C=O) groups is 2. The van der Waals surface area contributed by atoms with E-state index in [2.05, 4.69) is 5.32 Å². The number of hydrogen-bond acceptors (Lipinski definition) is 6. The average Bonchev–Trinajstić information content (AvgIpc) is 2.78. The van der Waals surface area contributed by atoms with Crippen molar-refractivity contribution in [2.75, 3.05) is 27.4 Å². The third-order valence-corrected chi connectivity index (χ3v) is 5.39. The van der Waals surface area contributed by atoms with E-state index in [0.717, 1.165) is 11.1 Å². The van der Waals surface area contributed by atoms with Gasteiger partial charge in [0.15, 0.2) is 11.4 Å². The minimum atomic E-state index is -1.29. The monoisotopic (exact) mass is 443 g/mol. The Morgan fingerprint density at radius 3 is 2.19 bits per heavy atom. The summed E-state index contributed by atoms with van der Waals surface area (Å²) in [6, 6.07) is 12.9. The van der Waals surface area contributed by atoms with Crippen molar-refractivity contribution in [2.24, 2.45) is 0 Å². The van der Waals surface area contributed by atoms with Gasteiger partial charge < -0.3 is 24.6 Å². The van der Waals surface area contributed by atoms with Gasteiger partial charge in [0.2, 0.25) is 0 Å². The molecule has 2 aromatic rings. The second-order valence-electron chi connectivity index (χ2n) is 8.06. The Morgan fingerprint density at radius 2 is 1.66 bits per heavy atom. The molecule has 0 spiro atoms. The number of carboxylic acids is 1. The van der Waals surface area contributed by atoms with Crippen molar-refractivity contribution in [2.45, 2.75) is 45.3 Å². The summed E-state index contributed by atoms with van der Waals surface area (Å²) in [5, 5.41) is 12.4. The summed E-state index contributed by atoms with van der Waals surface area (Å²) in [7, 11) is 3.12. The lowest BCUT2D eigenvalue weighted by Crippen LogP contribution is -2.42. The third kappa shape index (κ3) is 6.80. The Morgan fingerprint density at radius 1 is 1.06 bits per heavy atom. The van der Waals surface area contributed by atoms with Crippen LogP contribution in [0.1, 0.15) is 41.8 Å². The SMILES string of the molecule is COc1cc(C(=O)C(CCc2ccccc2)NCCOC(C)(C)C(=O)O)cc(OC)c1C. The Hall–Kier alpha value is -2.90. The maximum atomic E-state index is 13.4. The molecule has 7 nitrogen and oxygen atoms in total. The van der Waals surface area contributed by atoms with Crippen LogP contribution in [0.4, 0.5) is 0 Å². The molecule has 1 atom stereocenters. The number of carboxylic acid groups (broad SMARTS) is 1. The minimum Gasteiger partial charge on any atom is -0.496 e. The zero-order valence-corrected chi connectivity index (χ0v) is 19.4. The molecule has 174 valence electrons. The first-order chi connectivity index (χ1) is 15.2. The summed E-state index contributed by atoms with van der Waals surface area (Å²) in [4.78, 5) is 24.6. The summed E-state index contributed by atoms with van der Waals surface area (Å²) in [6.07, 6.45) is 1.29. The van der Waals surface area contributed by atoms with Gasteiger partial charge >= 0.3 is 5.97 Å². The molecule has 0 amide bonds. The van der Waals surface area contributed by atoms with Crippen LogP contribution < -0.4 is 14.8 Å². The maximum absolute atomic E-state index is 13.4. The predicted octanol–water partition coefficient (Wildman–Crippen LogP) is 3.67. The number of aliphatic carboxylic acids is 1. The number of ether oxygens (including phenoxy) is 3. The highest BCUT2D eigenvalue weighted by atomic mass is 16.5. The van der Waals surface area contributed by atoms with E-state index in [1.165, 1.54) is 13.8 Å². The van der Waals surface area contributed by atoms with Gasteiger partial charge in [-0.25, -0.2) is 4.79 Å². The van der Waals surface area contributed by atoms with E-state index in [-0.39, 0.29) is 12.4 Å². The normalized spacial score (nSPS) is 12.3. The van der Waals surface area contributed by atoms with E-state index in [0.29, 0.717) is 36.4 Å². The van der Waals surface area contributed by atoms with Crippen molar-refractivity contribution >= 4 is 11.8 Å². The largest absolute Gasteiger partial charge is 0.496 e. The zero-order chi connectivity index (χ0) is 23.7. The van der Waals surface area contributed by atoms with Gasteiger partial charge in [0.05, 0.1) is 26.9 Å². The molecule has 0 saturated heterocycles. The van der Waals surface area contributed by atoms with Crippen molar-refractivity contribution < 1.29 is 28.9 Å². The second-order valence-corrected chi connectivity index (χ2v) is 8.06. The van der Waals surface area contributed by atoms with Gasteiger partial charge in [-0.1, -0.05) is 30.3 Å². The summed E-state index contributed by atoms with van der Waals surface area (Å²) in [5.74, 6) is 0.0465. The molecule has 0 aromatic heterocycles. The molecule has 0 heterocycles. The molecule has 0 saturated carbocycles. The number of Topliss-reactive ketones (excluding diaryl/α,β-unsaturated/α-hetero) is 1. The molecule has 2 aromatic carbocycles. The van der Waals surface area contributed by atoms with Crippen molar-refractivity contribution in [3.8, 4) is 11.5 Å². The van der Waals surface area contributed by atoms with Crippen LogP contribution in [0.3, 0.4) is 0 Å². The van der Waals surface area contributed by atoms with Gasteiger partial charge in [-0.15, -0.1) is 0 Å². The minimum absolute atomic E-state index is 0.0879. The molecule has 2 rings (SSSR count). The maximum Gasteiger partial charge on any atom is 0.335 e. The topological polar surface area (TPSA) is 94.1 Å². The van der Waals surface area contributed by atoms with Crippen LogP contribution in [-0.4, -0.2) is 55.9 Å². The smallest absolute Gasteiger partial charge is 0.335 e. The Kier molecular flexibility index (Phi) is 9.23. The van der Waals surface area contributed by atoms with Gasteiger partial charge in [0, 0.05) is 17.7 Å². The molecular formula is C25H33NO6. The van der Waals surface area contributed by atoms with E-state index in [4.69, 9.17) is 14.2 Å². The molecule has 0 aliphatic rings. The van der Waals surface area contributed by atoms with Crippen molar-refractivity contribution in [3.63, 3.8) is 0 Å². The lowest BCUT2D eigenvalue weighted by Gasteiger charge is -2.22. The number of aryl methyl sites for hydroxylation is 1. The third-order valence-electron chi connectivity index (χ3n) is 5.39. The summed E-state index contributed by atoms with van der Waals surface area (Å²) in [6.45, 7) is 5.37. The Balaban J connectivity index is 2.17. The lowest BCUT2D eigenvalue weighted by molar-refractivity contribution is -0.161. The fourth-order valence-electron chi connectivity index (χ4n) is 3.31. The Labute approximate surface area is 189 Å². The number of ketones is 1. The fourth-order valence-corrected chi connectivity index (χ4v) is 3.31. The number of nitrogens with one attached hydrogen (secondary N) is 1. The van der Waals surface area contributed by atoms with E-state index < -0.39 is 17.6 Å². The van der Waals surface area contributed by atoms with Gasteiger partial charge in [-0.3, -0.25) is 4.79 Å². The molecular weight excluding hydrogens is 410 g/mol. The zero-order valence-electron chi connectivity index (χ0n) is 19.4. The highest BCUT2D eigenvalue weighted by Gasteiger charge is 2.28. The summed E-state index contributed by atoms with van der Waals surface area (Å²) >= 11 is 0. The van der Waals surface area contributed by atoms with Crippen LogP contribution >= 0.6 is 0 Å². The average molecular weight is 444 g/mol. The van der Waals surface area contributed by atoms with E-state index >= 15 is 0 Å². The number of hydrogen-bond donors (Lipinski definition) is 2. The van der Waals surface area contributed by atoms with Crippen LogP contribution in [0.5, 0.6) is 11.5 Å². The van der Waals surface area contributed by atoms with Gasteiger partial charge in [0.25, 0.3) is 0 Å². The molecule has 32 heavy (non-hydrogen) atoms. The van der Waals surface area contributed by atoms with Crippen molar-refractivity contribution in [3.05, 3.63) is 59.2 Å². The van der Waals surface area contributed by atoms with E-state index in [9.17, 15) is 14.7 Å². The van der Waals surface area contributed by atoms with Crippen LogP contribution in [0.25, 0.3) is 0 Å². The van der Waals surface area contributed by atoms with Gasteiger partial charge in [-0.05, 0) is 51.3 Å². The second kappa shape index (κ2) is 11.6. The van der Waals surface area contributed by atoms with Crippen molar-refractivity contribution in [1.29, 1.82) is 0 Å². The molecule has 7 heteroatoms. The molecule has 0 aliphatic carbocycles. The Bertz CT molecular complexity index is 885. The van der Waals surface area contributed by atoms with Crippen LogP contribution in [0.15, 0.2) is 42.5 Å². The van der Waals surface area contributed by atoms with E-state index in [1.807, 2.05) is 37.3 Å². The molecule has 0 aliphatic heterocycles. The molecule has 0 radical (unpaired) electrons. The first kappa shape index (κ1) is 25.4. The predicted molar refractivity (Wildman–Crippen MR) is 123 cm³/mol. The van der Waals surface area contributed by atoms with Crippen LogP contribution in [0, 0.1) is 6.92 Å². The molecule has 2 N–H and O–H groups in total. The number of carbonyl (C=O) groups excluding carboxylic acids is 1. The number of benzene rings is 2. The van der Waals surface area contributed by atoms with E-state index in [1.54, 1.807) is 26.4 Å². The highest BCUT2D eigenvalue weighted by Crippen LogP contribution is 2.30. The lowest BCUT2D eigenvalue weighted by atomic mass is 9.96. The number of methoxy groups -OCH3 is 2. The first-order valence-corrected chi connectivity index (χ1v) is 10.6. The first-order valence-electron chi connectivity index (χ1n) is 10.6. The number of rotatable bonds is 13. The fraction of sp³-hybridized carbons (Fsp3) is 0.440. The molecule has 0 bridgehead atoms. The highest BCUT2D eigenvalue weighted by molar-refractivity contribution is 6.01. The van der Waals surface area contributed by atoms with Crippen molar-refractivity contribution in [1.82, 2.24) is 5.32 Å². The van der Waals surface area contributed by atoms with Crippen LogP contribution in [-0.2, 0) is 16.0 Å². The van der Waals surface area contributed by atoms with Gasteiger partial charge in [-0.2, -0.15) is 0 Å². The standard InChI is InChI=1S/C25H33NO6/c1-17-21(30-4)15-19(16-22(17)31-5)23(27)20(12-11-18-9-7-6-8-10-18)26-13-14-32-25(2,3)24(28)29/h6-10,15-16,20,26H,11-14H2,1-5H3,(H,28,29). The van der Waals surface area contributed by atoms with Crippen LogP contribution in [0.2, 0.25) is 0 Å².